The van der Waals surface area contributed by atoms with E-state index >= 15 is 0 Å². The van der Waals surface area contributed by atoms with Crippen molar-refractivity contribution in [1.82, 2.24) is 0 Å². The van der Waals surface area contributed by atoms with E-state index in [2.05, 4.69) is 6.92 Å². The van der Waals surface area contributed by atoms with E-state index in [1.54, 1.807) is 0 Å². The minimum atomic E-state index is 0.422. The maximum Gasteiger partial charge on any atom is 0.0604 e. The van der Waals surface area contributed by atoms with Gasteiger partial charge in [-0.15, -0.1) is 0 Å². The van der Waals surface area contributed by atoms with E-state index < -0.39 is 0 Å². The Morgan fingerprint density at radius 1 is 1.25 bits per heavy atom. The van der Waals surface area contributed by atoms with E-state index in [0.29, 0.717) is 12.1 Å². The fourth-order valence-electron chi connectivity index (χ4n) is 1.52. The average molecular weight is 171 g/mol. The summed E-state index contributed by atoms with van der Waals surface area (Å²) in [6.45, 7) is 3.17. The zero-order valence-corrected chi connectivity index (χ0v) is 8.09. The van der Waals surface area contributed by atoms with Gasteiger partial charge in [-0.05, 0) is 19.3 Å². The molecule has 2 nitrogen and oxygen atoms in total. The van der Waals surface area contributed by atoms with Gasteiger partial charge in [0.2, 0.25) is 0 Å². The summed E-state index contributed by atoms with van der Waals surface area (Å²) >= 11 is 0. The van der Waals surface area contributed by atoms with Crippen LogP contribution in [0.3, 0.4) is 0 Å². The maximum atomic E-state index is 5.64. The second kappa shape index (κ2) is 5.55. The summed E-state index contributed by atoms with van der Waals surface area (Å²) in [4.78, 5) is 0. The second-order valence-electron chi connectivity index (χ2n) is 3.78. The molecule has 0 aromatic rings. The number of hydrogen-bond acceptors (Lipinski definition) is 2. The lowest BCUT2D eigenvalue weighted by Gasteiger charge is -2.32. The van der Waals surface area contributed by atoms with E-state index in [-0.39, 0.29) is 0 Å². The maximum absolute atomic E-state index is 5.64. The average Bonchev–Trinajstić information content (AvgIpc) is 2.00. The molecule has 1 saturated carbocycles. The topological polar surface area (TPSA) is 35.2 Å². The number of hydrogen-bond donors (Lipinski definition) is 1. The van der Waals surface area contributed by atoms with Gasteiger partial charge < -0.3 is 10.5 Å². The minimum absolute atomic E-state index is 0.422. The molecule has 1 aliphatic rings. The van der Waals surface area contributed by atoms with Crippen molar-refractivity contribution in [1.29, 1.82) is 0 Å². The molecule has 0 amide bonds. The summed E-state index contributed by atoms with van der Waals surface area (Å²) in [5.74, 6) is 0. The van der Waals surface area contributed by atoms with Crippen LogP contribution in [0, 0.1) is 0 Å². The van der Waals surface area contributed by atoms with Crippen molar-refractivity contribution in [2.24, 2.45) is 5.73 Å². The number of ether oxygens (including phenoxy) is 1. The highest BCUT2D eigenvalue weighted by molar-refractivity contribution is 4.82. The normalized spacial score (nSPS) is 28.5. The molecule has 0 heterocycles. The molecule has 72 valence electrons. The van der Waals surface area contributed by atoms with Gasteiger partial charge in [0.25, 0.3) is 0 Å². The Balaban J connectivity index is 1.77. The smallest absolute Gasteiger partial charge is 0.0604 e. The predicted molar refractivity (Wildman–Crippen MR) is 51.1 cm³/mol. The van der Waals surface area contributed by atoms with E-state index in [0.717, 1.165) is 19.4 Å². The third kappa shape index (κ3) is 3.55. The molecule has 0 bridgehead atoms. The van der Waals surface area contributed by atoms with Crippen LogP contribution in [-0.4, -0.2) is 18.8 Å². The Kier molecular flexibility index (Phi) is 4.62. The van der Waals surface area contributed by atoms with Gasteiger partial charge in [-0.25, -0.2) is 0 Å². The Bertz CT molecular complexity index is 110. The molecule has 2 N–H and O–H groups in total. The molecule has 0 aromatic carbocycles. The van der Waals surface area contributed by atoms with Crippen LogP contribution >= 0.6 is 0 Å². The van der Waals surface area contributed by atoms with Crippen molar-refractivity contribution in [3.8, 4) is 0 Å². The van der Waals surface area contributed by atoms with Gasteiger partial charge in [0.1, 0.15) is 0 Å². The molecule has 1 rings (SSSR count). The van der Waals surface area contributed by atoms with Gasteiger partial charge in [-0.3, -0.25) is 0 Å². The Labute approximate surface area is 75.5 Å². The van der Waals surface area contributed by atoms with Crippen LogP contribution < -0.4 is 5.73 Å². The lowest BCUT2D eigenvalue weighted by atomic mass is 9.90. The SMILES string of the molecule is CCCCCCOC1CC(N)C1. The summed E-state index contributed by atoms with van der Waals surface area (Å²) in [5, 5.41) is 0. The van der Waals surface area contributed by atoms with Gasteiger partial charge in [0, 0.05) is 12.6 Å². The molecule has 0 spiro atoms. The zero-order valence-electron chi connectivity index (χ0n) is 8.09. The molecule has 0 saturated heterocycles. The first-order valence-electron chi connectivity index (χ1n) is 5.20. The summed E-state index contributed by atoms with van der Waals surface area (Å²) in [6, 6.07) is 0.422. The third-order valence-electron chi connectivity index (χ3n) is 2.48. The molecule has 1 fully saturated rings. The van der Waals surface area contributed by atoms with Crippen LogP contribution in [0.25, 0.3) is 0 Å². The van der Waals surface area contributed by atoms with Crippen LogP contribution in [0.15, 0.2) is 0 Å². The van der Waals surface area contributed by atoms with E-state index in [1.807, 2.05) is 0 Å². The predicted octanol–water partition coefficient (Wildman–Crippen LogP) is 2.07. The van der Waals surface area contributed by atoms with Crippen LogP contribution in [-0.2, 0) is 4.74 Å². The lowest BCUT2D eigenvalue weighted by Crippen LogP contribution is -2.41. The number of nitrogens with two attached hydrogens (primary N) is 1. The van der Waals surface area contributed by atoms with Crippen molar-refractivity contribution >= 4 is 0 Å². The standard InChI is InChI=1S/C10H21NO/c1-2-3-4-5-6-12-10-7-9(11)8-10/h9-10H,2-8,11H2,1H3. The third-order valence-corrected chi connectivity index (χ3v) is 2.48. The highest BCUT2D eigenvalue weighted by atomic mass is 16.5. The van der Waals surface area contributed by atoms with Crippen LogP contribution in [0.5, 0.6) is 0 Å². The van der Waals surface area contributed by atoms with Crippen molar-refractivity contribution in [3.63, 3.8) is 0 Å². The van der Waals surface area contributed by atoms with Gasteiger partial charge in [0.15, 0.2) is 0 Å². The number of unbranched alkanes of at least 4 members (excludes halogenated alkanes) is 3. The van der Waals surface area contributed by atoms with Crippen LogP contribution in [0.2, 0.25) is 0 Å². The first kappa shape index (κ1) is 10.0. The zero-order chi connectivity index (χ0) is 8.81. The fraction of sp³-hybridized carbons (Fsp3) is 1.00. The van der Waals surface area contributed by atoms with E-state index in [1.165, 1.54) is 25.7 Å². The molecule has 0 unspecified atom stereocenters. The Hall–Kier alpha value is -0.0800. The first-order valence-corrected chi connectivity index (χ1v) is 5.20. The second-order valence-corrected chi connectivity index (χ2v) is 3.78. The summed E-state index contributed by atoms with van der Waals surface area (Å²) in [5.41, 5.74) is 5.64. The monoisotopic (exact) mass is 171 g/mol. The summed E-state index contributed by atoms with van der Waals surface area (Å²) < 4.78 is 5.61. The summed E-state index contributed by atoms with van der Waals surface area (Å²) in [7, 11) is 0. The largest absolute Gasteiger partial charge is 0.378 e. The van der Waals surface area contributed by atoms with Gasteiger partial charge >= 0.3 is 0 Å². The number of rotatable bonds is 6. The van der Waals surface area contributed by atoms with Crippen LogP contribution in [0.4, 0.5) is 0 Å². The van der Waals surface area contributed by atoms with Crippen molar-refractivity contribution in [2.75, 3.05) is 6.61 Å². The molecule has 2 heteroatoms. The molecule has 0 aliphatic heterocycles. The Morgan fingerprint density at radius 3 is 2.58 bits per heavy atom. The molecular formula is C10H21NO. The van der Waals surface area contributed by atoms with Gasteiger partial charge in [-0.2, -0.15) is 0 Å². The van der Waals surface area contributed by atoms with Crippen molar-refractivity contribution < 1.29 is 4.74 Å². The summed E-state index contributed by atoms with van der Waals surface area (Å²) in [6.07, 6.45) is 7.82. The molecule has 0 atom stereocenters. The molecule has 0 radical (unpaired) electrons. The van der Waals surface area contributed by atoms with Gasteiger partial charge in [0.05, 0.1) is 6.10 Å². The van der Waals surface area contributed by atoms with E-state index in [9.17, 15) is 0 Å². The van der Waals surface area contributed by atoms with Crippen molar-refractivity contribution in [3.05, 3.63) is 0 Å². The first-order chi connectivity index (χ1) is 5.83. The highest BCUT2D eigenvalue weighted by Gasteiger charge is 2.25. The highest BCUT2D eigenvalue weighted by Crippen LogP contribution is 2.21. The van der Waals surface area contributed by atoms with Crippen LogP contribution in [0.1, 0.15) is 45.4 Å². The molecule has 1 aliphatic carbocycles. The molecular weight excluding hydrogens is 150 g/mol. The fourth-order valence-corrected chi connectivity index (χ4v) is 1.52. The quantitative estimate of drug-likeness (QED) is 0.621. The van der Waals surface area contributed by atoms with E-state index in [4.69, 9.17) is 10.5 Å². The lowest BCUT2D eigenvalue weighted by molar-refractivity contribution is -0.00982. The minimum Gasteiger partial charge on any atom is -0.378 e. The molecule has 12 heavy (non-hydrogen) atoms. The van der Waals surface area contributed by atoms with Gasteiger partial charge in [-0.1, -0.05) is 26.2 Å². The Morgan fingerprint density at radius 2 is 2.00 bits per heavy atom. The molecule has 0 aromatic heterocycles. The van der Waals surface area contributed by atoms with Crippen molar-refractivity contribution in [2.45, 2.75) is 57.6 Å².